The second-order valence-electron chi connectivity index (χ2n) is 27.5. The number of rotatable bonds is 31. The fourth-order valence-electron chi connectivity index (χ4n) is 13.0. The number of aryl methyl sites for hydroxylation is 1. The Morgan fingerprint density at radius 2 is 1.44 bits per heavy atom. The van der Waals surface area contributed by atoms with Crippen LogP contribution in [0, 0.1) is 12.3 Å². The Hall–Kier alpha value is -7.20. The number of aliphatic hydroxyl groups excluding tert-OH is 1. The number of benzene rings is 4. The van der Waals surface area contributed by atoms with Crippen LogP contribution in [0.1, 0.15) is 176 Å². The van der Waals surface area contributed by atoms with Gasteiger partial charge in [0.1, 0.15) is 23.5 Å². The van der Waals surface area contributed by atoms with Gasteiger partial charge in [0.15, 0.2) is 12.0 Å². The number of ether oxygens (including phenoxy) is 2. The van der Waals surface area contributed by atoms with Crippen LogP contribution in [0.15, 0.2) is 78.9 Å². The van der Waals surface area contributed by atoms with E-state index in [2.05, 4.69) is 16.0 Å². The summed E-state index contributed by atoms with van der Waals surface area (Å²) in [6.07, 6.45) is 8.28. The third-order valence-corrected chi connectivity index (χ3v) is 20.3. The molecule has 5 aliphatic rings. The number of alkyl halides is 1. The number of amides is 7. The maximum atomic E-state index is 14.4. The third-order valence-electron chi connectivity index (χ3n) is 18.0. The SMILES string of the molecule is CNCCCC[C@H](NC(=O)C1(C(=O)NCCCCCN2C(=O)C=CC2=O)CCC1)C(=O)Cc1ccc(COC(=O)N2c3cc(OCCCCCC(=O)N4C[C@@H](CCl)c5c4cc(OP(=O)(OC(C)(C)C)OC(C)(C)C)c4ccccc54)c(C)cc3C(=O)N3CCC[C@H]3C2O)cc1. The summed E-state index contributed by atoms with van der Waals surface area (Å²) in [7, 11) is -2.37. The Bertz CT molecular complexity index is 3540. The third kappa shape index (κ3) is 17.5. The number of hydrogen-bond donors (Lipinski definition) is 4. The van der Waals surface area contributed by atoms with Crippen molar-refractivity contribution in [1.82, 2.24) is 25.8 Å². The van der Waals surface area contributed by atoms with Crippen molar-refractivity contribution >= 4 is 88.9 Å². The Balaban J connectivity index is 0.798. The molecule has 7 amide bonds. The molecule has 1 saturated heterocycles. The van der Waals surface area contributed by atoms with E-state index in [1.165, 1.54) is 17.1 Å². The molecular weight excluding hydrogens is 1260 g/mol. The molecule has 4 aromatic carbocycles. The molecule has 0 aromatic heterocycles. The predicted octanol–water partition coefficient (Wildman–Crippen LogP) is 11.0. The number of Topliss-reactive ketones (excluding diaryl/α,β-unsaturated/α-hetero) is 1. The summed E-state index contributed by atoms with van der Waals surface area (Å²) < 4.78 is 44.9. The van der Waals surface area contributed by atoms with Crippen molar-refractivity contribution in [2.45, 2.75) is 193 Å². The zero-order valence-electron chi connectivity index (χ0n) is 56.1. The van der Waals surface area contributed by atoms with Gasteiger partial charge in [-0.15, -0.1) is 11.6 Å². The number of imide groups is 1. The number of carbonyl (C=O) groups is 8. The van der Waals surface area contributed by atoms with Gasteiger partial charge in [0.2, 0.25) is 17.7 Å². The number of fused-ring (bicyclic) bond motifs is 5. The lowest BCUT2D eigenvalue weighted by Crippen LogP contribution is -2.58. The molecule has 514 valence electrons. The van der Waals surface area contributed by atoms with Crippen LogP contribution in [0.3, 0.4) is 0 Å². The molecule has 1 saturated carbocycles. The molecule has 4 aromatic rings. The number of phosphoric ester groups is 1. The molecule has 1 aliphatic carbocycles. The lowest BCUT2D eigenvalue weighted by atomic mass is 9.67. The van der Waals surface area contributed by atoms with Crippen molar-refractivity contribution in [3.8, 4) is 11.5 Å². The Morgan fingerprint density at radius 1 is 0.779 bits per heavy atom. The number of phosphoric acid groups is 1. The molecule has 4 heterocycles. The fourth-order valence-corrected chi connectivity index (χ4v) is 15.1. The van der Waals surface area contributed by atoms with Crippen molar-refractivity contribution in [2.75, 3.05) is 62.1 Å². The number of halogens is 1. The first-order valence-corrected chi connectivity index (χ1v) is 35.5. The molecule has 9 rings (SSSR count). The summed E-state index contributed by atoms with van der Waals surface area (Å²) >= 11 is 6.60. The maximum Gasteiger partial charge on any atom is 0.531 e. The average Bonchev–Trinajstić information content (AvgIpc) is 1.55. The van der Waals surface area contributed by atoms with Gasteiger partial charge in [0.05, 0.1) is 46.8 Å². The summed E-state index contributed by atoms with van der Waals surface area (Å²) in [5, 5.41) is 22.5. The van der Waals surface area contributed by atoms with Gasteiger partial charge in [-0.1, -0.05) is 55.0 Å². The Kier molecular flexibility index (Phi) is 23.8. The van der Waals surface area contributed by atoms with Crippen molar-refractivity contribution in [2.24, 2.45) is 5.41 Å². The first-order chi connectivity index (χ1) is 45.2. The van der Waals surface area contributed by atoms with E-state index in [9.17, 15) is 48.0 Å². The van der Waals surface area contributed by atoms with Gasteiger partial charge in [-0.05, 0) is 179 Å². The number of carbonyl (C=O) groups excluding carboxylic acids is 8. The lowest BCUT2D eigenvalue weighted by Gasteiger charge is -2.39. The van der Waals surface area contributed by atoms with E-state index in [4.69, 9.17) is 34.6 Å². The summed E-state index contributed by atoms with van der Waals surface area (Å²) in [6.45, 7) is 14.6. The fraction of sp³-hybridized carbons (Fsp3) is 0.549. The zero-order chi connectivity index (χ0) is 68.4. The molecule has 4 atom stereocenters. The van der Waals surface area contributed by atoms with Crippen LogP contribution < -0.4 is 35.0 Å². The molecule has 0 radical (unpaired) electrons. The monoisotopic (exact) mass is 1350 g/mol. The smallest absolute Gasteiger partial charge is 0.493 e. The van der Waals surface area contributed by atoms with Gasteiger partial charge in [0.25, 0.3) is 17.7 Å². The maximum absolute atomic E-state index is 14.4. The van der Waals surface area contributed by atoms with Crippen LogP contribution in [0.2, 0.25) is 0 Å². The van der Waals surface area contributed by atoms with E-state index < -0.39 is 54.8 Å². The van der Waals surface area contributed by atoms with E-state index in [0.29, 0.717) is 143 Å². The minimum Gasteiger partial charge on any atom is -0.493 e. The Labute approximate surface area is 562 Å². The zero-order valence-corrected chi connectivity index (χ0v) is 57.7. The predicted molar refractivity (Wildman–Crippen MR) is 361 cm³/mol. The van der Waals surface area contributed by atoms with Crippen molar-refractivity contribution in [3.05, 3.63) is 107 Å². The van der Waals surface area contributed by atoms with Gasteiger partial charge < -0.3 is 44.9 Å². The highest BCUT2D eigenvalue weighted by Gasteiger charge is 2.52. The van der Waals surface area contributed by atoms with E-state index >= 15 is 0 Å². The highest BCUT2D eigenvalue weighted by Crippen LogP contribution is 2.58. The number of unbranched alkanes of at least 4 members (excludes halogenated alkanes) is 5. The van der Waals surface area contributed by atoms with Crippen molar-refractivity contribution in [3.63, 3.8) is 0 Å². The number of ketones is 1. The number of anilines is 2. The van der Waals surface area contributed by atoms with Crippen LogP contribution in [-0.2, 0) is 60.1 Å². The number of nitrogens with zero attached hydrogens (tertiary/aromatic N) is 4. The molecule has 2 fully saturated rings. The molecule has 22 nitrogen and oxygen atoms in total. The minimum absolute atomic E-state index is 0.00995. The first-order valence-electron chi connectivity index (χ1n) is 33.5. The standard InChI is InChI=1S/C71H93ClN7O15P/c1-46-39-52-55(41-58(46)90-38-18-9-11-25-60(81)78-44-49(43-72)63-51-22-13-12-21-50(51)59(42-56(63)78)92-95(89,93-69(2,3)4)94-70(5,6)7)79(65(85)54-24-19-37-76(54)64(52)84)68(88)91-45-48-28-26-47(27-29-48)40-57(80)53(23-14-16-34-73-8)75-67(87)71(32-20-33-71)66(86)74-35-15-10-17-36-77-61(82)30-31-62(77)83/h12-13,21-22,26-31,39,41-42,49,53-54,65,73,85H,9-11,14-20,23-25,32-38,40,43-45H2,1-8H3,(H,74,86)(H,75,87)/t49-,53+,54+,65?/m1/s1. The highest BCUT2D eigenvalue weighted by molar-refractivity contribution is 7.49. The summed E-state index contributed by atoms with van der Waals surface area (Å²) in [5.74, 6) is -1.41. The van der Waals surface area contributed by atoms with E-state index in [1.807, 2.05) is 38.2 Å². The summed E-state index contributed by atoms with van der Waals surface area (Å²) in [4.78, 5) is 114. The molecule has 24 heteroatoms. The van der Waals surface area contributed by atoms with Gasteiger partial charge in [-0.25, -0.2) is 14.3 Å². The summed E-state index contributed by atoms with van der Waals surface area (Å²) in [6, 6.07) is 18.0. The van der Waals surface area contributed by atoms with Gasteiger partial charge in [-0.2, -0.15) is 0 Å². The molecule has 4 N–H and O–H groups in total. The van der Waals surface area contributed by atoms with Gasteiger partial charge in [-0.3, -0.25) is 47.5 Å². The number of aliphatic hydroxyl groups is 1. The second kappa shape index (κ2) is 31.3. The van der Waals surface area contributed by atoms with Crippen LogP contribution in [0.25, 0.3) is 10.8 Å². The van der Waals surface area contributed by atoms with Crippen LogP contribution >= 0.6 is 19.4 Å². The normalized spacial score (nSPS) is 18.7. The molecule has 1 unspecified atom stereocenters. The van der Waals surface area contributed by atoms with Gasteiger partial charge in [0, 0.05) is 80.5 Å². The summed E-state index contributed by atoms with van der Waals surface area (Å²) in [5.41, 5.74) is 0.754. The number of hydrogen-bond acceptors (Lipinski definition) is 16. The molecular formula is C71H93ClN7O15P. The average molecular weight is 1350 g/mol. The van der Waals surface area contributed by atoms with Crippen LogP contribution in [-0.4, -0.2) is 144 Å². The van der Waals surface area contributed by atoms with Crippen LogP contribution in [0.4, 0.5) is 16.2 Å². The topological polar surface area (TPSA) is 269 Å². The van der Waals surface area contributed by atoms with Crippen LogP contribution in [0.5, 0.6) is 11.5 Å². The quantitative estimate of drug-likeness (QED) is 0.0120. The largest absolute Gasteiger partial charge is 0.531 e. The Morgan fingerprint density at radius 3 is 2.11 bits per heavy atom. The molecule has 0 spiro atoms. The number of nitrogens with one attached hydrogen (secondary N) is 3. The second-order valence-corrected chi connectivity index (χ2v) is 29.2. The van der Waals surface area contributed by atoms with E-state index in [1.54, 1.807) is 93.8 Å². The van der Waals surface area contributed by atoms with E-state index in [0.717, 1.165) is 28.8 Å². The highest BCUT2D eigenvalue weighted by atomic mass is 35.5. The van der Waals surface area contributed by atoms with Crippen molar-refractivity contribution < 1.29 is 71.1 Å². The van der Waals surface area contributed by atoms with Gasteiger partial charge >= 0.3 is 13.9 Å². The lowest BCUT2D eigenvalue weighted by molar-refractivity contribution is -0.151. The van der Waals surface area contributed by atoms with Crippen molar-refractivity contribution in [1.29, 1.82) is 0 Å². The molecule has 4 aliphatic heterocycles. The van der Waals surface area contributed by atoms with E-state index in [-0.39, 0.29) is 90.2 Å². The minimum atomic E-state index is -4.22. The first kappa shape index (κ1) is 72.1. The molecule has 95 heavy (non-hydrogen) atoms. The molecule has 0 bridgehead atoms.